The third kappa shape index (κ3) is 3.15. The first kappa shape index (κ1) is 19.5. The monoisotopic (exact) mass is 407 g/mol. The van der Waals surface area contributed by atoms with Crippen LogP contribution >= 0.6 is 23.2 Å². The number of phenols is 1. The lowest BCUT2D eigenvalue weighted by Crippen LogP contribution is -2.29. The highest BCUT2D eigenvalue weighted by Gasteiger charge is 2.44. The zero-order chi connectivity index (χ0) is 19.9. The van der Waals surface area contributed by atoms with Crippen molar-refractivity contribution in [3.05, 3.63) is 62.1 Å². The van der Waals surface area contributed by atoms with Gasteiger partial charge in [0, 0.05) is 21.2 Å². The first-order valence-corrected chi connectivity index (χ1v) is 9.09. The third-order valence-corrected chi connectivity index (χ3v) is 6.02. The molecule has 0 bridgehead atoms. The average molecular weight is 408 g/mol. The summed E-state index contributed by atoms with van der Waals surface area (Å²) in [6.07, 6.45) is -0.814. The van der Waals surface area contributed by atoms with Crippen LogP contribution in [0.2, 0.25) is 10.0 Å². The van der Waals surface area contributed by atoms with Crippen LogP contribution in [0.5, 0.6) is 5.75 Å². The lowest BCUT2D eigenvalue weighted by molar-refractivity contribution is -0.146. The number of nitrogens with zero attached hydrogens (tertiary/aromatic N) is 1. The number of phenolic OH excluding ortho intramolecular Hbond substituents is 1. The van der Waals surface area contributed by atoms with E-state index in [9.17, 15) is 9.90 Å². The minimum Gasteiger partial charge on any atom is -0.508 e. The van der Waals surface area contributed by atoms with Gasteiger partial charge < -0.3 is 14.7 Å². The summed E-state index contributed by atoms with van der Waals surface area (Å²) >= 11 is 12.9. The molecule has 142 valence electrons. The molecule has 0 aromatic heterocycles. The Hall–Kier alpha value is -2.24. The van der Waals surface area contributed by atoms with E-state index in [0.717, 1.165) is 16.7 Å². The predicted octanol–water partition coefficient (Wildman–Crippen LogP) is 4.89. The first-order valence-electron chi connectivity index (χ1n) is 8.34. The van der Waals surface area contributed by atoms with Crippen LogP contribution in [0.25, 0.3) is 0 Å². The van der Waals surface area contributed by atoms with E-state index in [1.807, 2.05) is 20.8 Å². The Morgan fingerprint density at radius 2 is 1.70 bits per heavy atom. The van der Waals surface area contributed by atoms with E-state index in [0.29, 0.717) is 26.9 Å². The number of esters is 1. The van der Waals surface area contributed by atoms with Gasteiger partial charge in [-0.15, -0.1) is 0 Å². The molecule has 0 aliphatic carbocycles. The van der Waals surface area contributed by atoms with Gasteiger partial charge >= 0.3 is 5.97 Å². The summed E-state index contributed by atoms with van der Waals surface area (Å²) in [4.78, 5) is 18.2. The zero-order valence-electron chi connectivity index (χ0n) is 15.3. The van der Waals surface area contributed by atoms with Crippen LogP contribution in [0.4, 0.5) is 0 Å². The average Bonchev–Trinajstić information content (AvgIpc) is 3.09. The molecule has 0 amide bonds. The molecule has 0 saturated carbocycles. The van der Waals surface area contributed by atoms with Crippen molar-refractivity contribution in [1.29, 1.82) is 0 Å². The smallest absolute Gasteiger partial charge is 0.319 e. The maximum Gasteiger partial charge on any atom is 0.319 e. The van der Waals surface area contributed by atoms with Crippen LogP contribution in [0, 0.1) is 26.7 Å². The summed E-state index contributed by atoms with van der Waals surface area (Å²) in [6, 6.07) is 6.65. The number of hydrogen-bond donors (Lipinski definition) is 1. The third-order valence-electron chi connectivity index (χ3n) is 4.88. The molecule has 1 aliphatic rings. The largest absolute Gasteiger partial charge is 0.508 e. The molecule has 2 aromatic rings. The maximum atomic E-state index is 12.6. The second kappa shape index (κ2) is 7.41. The molecule has 1 aliphatic heterocycles. The molecule has 0 radical (unpaired) electrons. The fraction of sp³-hybridized carbons (Fsp3) is 0.300. The minimum atomic E-state index is -0.865. The summed E-state index contributed by atoms with van der Waals surface area (Å²) in [5.74, 6) is -1.37. The van der Waals surface area contributed by atoms with Crippen LogP contribution in [0.1, 0.15) is 33.9 Å². The van der Waals surface area contributed by atoms with Crippen LogP contribution in [0.15, 0.2) is 29.4 Å². The molecule has 1 N–H and O–H groups in total. The summed E-state index contributed by atoms with van der Waals surface area (Å²) < 4.78 is 4.99. The van der Waals surface area contributed by atoms with E-state index in [1.165, 1.54) is 13.2 Å². The molecule has 7 heteroatoms. The number of oxime groups is 1. The van der Waals surface area contributed by atoms with Crippen LogP contribution in [-0.4, -0.2) is 23.9 Å². The molecule has 2 atom stereocenters. The quantitative estimate of drug-likeness (QED) is 0.735. The fourth-order valence-electron chi connectivity index (χ4n) is 3.45. The van der Waals surface area contributed by atoms with Crippen LogP contribution < -0.4 is 0 Å². The van der Waals surface area contributed by atoms with E-state index >= 15 is 0 Å². The van der Waals surface area contributed by atoms with Gasteiger partial charge in [-0.1, -0.05) is 46.6 Å². The lowest BCUT2D eigenvalue weighted by atomic mass is 9.84. The van der Waals surface area contributed by atoms with E-state index in [4.69, 9.17) is 32.8 Å². The maximum absolute atomic E-state index is 12.6. The molecule has 2 aromatic carbocycles. The number of carbonyl (C=O) groups excluding carboxylic acids is 1. The highest BCUT2D eigenvalue weighted by molar-refractivity contribution is 6.38. The van der Waals surface area contributed by atoms with E-state index in [2.05, 4.69) is 5.16 Å². The van der Waals surface area contributed by atoms with Gasteiger partial charge in [0.15, 0.2) is 6.10 Å². The van der Waals surface area contributed by atoms with Gasteiger partial charge in [-0.3, -0.25) is 4.79 Å². The standard InChI is InChI=1S/C20H19Cl2NO4/c1-9-14(10(2)17(22)11(3)16(9)21)18-15(20(25)26-4)19(27-23-18)12-7-5-6-8-13(12)24/h5-8,15,19,24H,1-4H3/t15-,19-/m1/s1. The molecule has 0 spiro atoms. The summed E-state index contributed by atoms with van der Waals surface area (Å²) in [5, 5.41) is 15.4. The molecular weight excluding hydrogens is 389 g/mol. The summed E-state index contributed by atoms with van der Waals surface area (Å²) in [5.41, 5.74) is 3.77. The number of rotatable bonds is 3. The Balaban J connectivity index is 2.17. The summed E-state index contributed by atoms with van der Waals surface area (Å²) in [7, 11) is 1.30. The van der Waals surface area contributed by atoms with Gasteiger partial charge in [0.25, 0.3) is 0 Å². The van der Waals surface area contributed by atoms with Gasteiger partial charge in [-0.05, 0) is 43.5 Å². The second-order valence-electron chi connectivity index (χ2n) is 6.44. The Morgan fingerprint density at radius 3 is 2.26 bits per heavy atom. The number of benzene rings is 2. The topological polar surface area (TPSA) is 68.1 Å². The minimum absolute atomic E-state index is 0.0151. The van der Waals surface area contributed by atoms with Gasteiger partial charge in [0.05, 0.1) is 7.11 Å². The molecule has 0 fully saturated rings. The van der Waals surface area contributed by atoms with Gasteiger partial charge in [0.2, 0.25) is 0 Å². The Bertz CT molecular complexity index is 926. The van der Waals surface area contributed by atoms with Crippen LogP contribution in [-0.2, 0) is 14.4 Å². The van der Waals surface area contributed by atoms with Crippen molar-refractivity contribution in [3.8, 4) is 5.75 Å². The van der Waals surface area contributed by atoms with Crippen molar-refractivity contribution < 1.29 is 19.5 Å². The fourth-order valence-corrected chi connectivity index (χ4v) is 3.87. The summed E-state index contributed by atoms with van der Waals surface area (Å²) in [6.45, 7) is 5.53. The number of halogens is 2. The van der Waals surface area contributed by atoms with Crippen molar-refractivity contribution in [3.63, 3.8) is 0 Å². The van der Waals surface area contributed by atoms with Gasteiger partial charge in [-0.25, -0.2) is 0 Å². The highest BCUT2D eigenvalue weighted by Crippen LogP contribution is 2.43. The normalized spacial score (nSPS) is 18.8. The Morgan fingerprint density at radius 1 is 1.11 bits per heavy atom. The predicted molar refractivity (Wildman–Crippen MR) is 105 cm³/mol. The highest BCUT2D eigenvalue weighted by atomic mass is 35.5. The first-order chi connectivity index (χ1) is 12.8. The molecule has 5 nitrogen and oxygen atoms in total. The number of ether oxygens (including phenoxy) is 1. The SMILES string of the molecule is COC(=O)[C@@H]1C(c2c(C)c(Cl)c(C)c(Cl)c2C)=NO[C@@H]1c1ccccc1O. The molecule has 0 saturated heterocycles. The van der Waals surface area contributed by atoms with Gasteiger partial charge in [0.1, 0.15) is 17.4 Å². The van der Waals surface area contributed by atoms with Crippen molar-refractivity contribution in [2.24, 2.45) is 11.1 Å². The second-order valence-corrected chi connectivity index (χ2v) is 7.20. The number of methoxy groups -OCH3 is 1. The number of hydrogen-bond acceptors (Lipinski definition) is 5. The van der Waals surface area contributed by atoms with Crippen molar-refractivity contribution in [2.45, 2.75) is 26.9 Å². The molecule has 1 heterocycles. The molecule has 3 rings (SSSR count). The van der Waals surface area contributed by atoms with Crippen molar-refractivity contribution in [1.82, 2.24) is 0 Å². The van der Waals surface area contributed by atoms with E-state index in [-0.39, 0.29) is 5.75 Å². The van der Waals surface area contributed by atoms with Crippen LogP contribution in [0.3, 0.4) is 0 Å². The van der Waals surface area contributed by atoms with Crippen molar-refractivity contribution >= 4 is 34.9 Å². The number of carbonyl (C=O) groups is 1. The lowest BCUT2D eigenvalue weighted by Gasteiger charge is -2.21. The van der Waals surface area contributed by atoms with E-state index < -0.39 is 18.0 Å². The Labute approximate surface area is 167 Å². The van der Waals surface area contributed by atoms with E-state index in [1.54, 1.807) is 18.2 Å². The number of para-hydroxylation sites is 1. The van der Waals surface area contributed by atoms with Gasteiger partial charge in [-0.2, -0.15) is 0 Å². The zero-order valence-corrected chi connectivity index (χ0v) is 16.9. The molecule has 0 unspecified atom stereocenters. The van der Waals surface area contributed by atoms with Crippen molar-refractivity contribution in [2.75, 3.05) is 7.11 Å². The molecular formula is C20H19Cl2NO4. The Kier molecular flexibility index (Phi) is 5.36. The number of aromatic hydroxyl groups is 1. The molecule has 27 heavy (non-hydrogen) atoms.